The Labute approximate surface area is 158 Å². The molecule has 1 atom stereocenters. The number of amides is 1. The van der Waals surface area contributed by atoms with E-state index in [1.165, 1.54) is 0 Å². The van der Waals surface area contributed by atoms with Gasteiger partial charge >= 0.3 is 0 Å². The summed E-state index contributed by atoms with van der Waals surface area (Å²) in [6.45, 7) is 1.75. The van der Waals surface area contributed by atoms with Crippen molar-refractivity contribution in [3.8, 4) is 5.75 Å². The van der Waals surface area contributed by atoms with Crippen LogP contribution in [0.1, 0.15) is 29.0 Å². The molecule has 2 heterocycles. The van der Waals surface area contributed by atoms with Crippen molar-refractivity contribution in [3.63, 3.8) is 0 Å². The molecule has 1 aliphatic rings. The van der Waals surface area contributed by atoms with Crippen LogP contribution in [0.2, 0.25) is 0 Å². The zero-order valence-corrected chi connectivity index (χ0v) is 15.5. The third-order valence-electron chi connectivity index (χ3n) is 5.14. The van der Waals surface area contributed by atoms with Gasteiger partial charge in [-0.25, -0.2) is 0 Å². The third kappa shape index (κ3) is 3.69. The summed E-state index contributed by atoms with van der Waals surface area (Å²) in [5.74, 6) is 1.11. The molecule has 5 nitrogen and oxygen atoms in total. The number of nitrogens with zero attached hydrogens (tertiary/aromatic N) is 1. The van der Waals surface area contributed by atoms with Gasteiger partial charge in [0, 0.05) is 30.1 Å². The summed E-state index contributed by atoms with van der Waals surface area (Å²) in [6.07, 6.45) is 2.08. The lowest BCUT2D eigenvalue weighted by molar-refractivity contribution is 0.0665. The fourth-order valence-electron chi connectivity index (χ4n) is 3.63. The Balaban J connectivity index is 1.64. The van der Waals surface area contributed by atoms with E-state index >= 15 is 0 Å². The number of carbonyl (C=O) groups is 1. The van der Waals surface area contributed by atoms with Crippen molar-refractivity contribution in [2.24, 2.45) is 0 Å². The molecule has 5 heteroatoms. The SMILES string of the molecule is CNC1CCCN(C(=O)c2oc3ccccc3c2COc2ccccc2)C1. The maximum Gasteiger partial charge on any atom is 0.290 e. The maximum atomic E-state index is 13.2. The Morgan fingerprint density at radius 3 is 2.78 bits per heavy atom. The molecule has 0 radical (unpaired) electrons. The molecule has 1 fully saturated rings. The summed E-state index contributed by atoms with van der Waals surface area (Å²) in [5.41, 5.74) is 1.53. The molecular weight excluding hydrogens is 340 g/mol. The van der Waals surface area contributed by atoms with Crippen LogP contribution in [0.5, 0.6) is 5.75 Å². The molecule has 4 rings (SSSR count). The number of hydrogen-bond donors (Lipinski definition) is 1. The molecule has 1 N–H and O–H groups in total. The van der Waals surface area contributed by atoms with Crippen molar-refractivity contribution < 1.29 is 13.9 Å². The van der Waals surface area contributed by atoms with E-state index in [-0.39, 0.29) is 5.91 Å². The number of rotatable bonds is 5. The predicted molar refractivity (Wildman–Crippen MR) is 105 cm³/mol. The lowest BCUT2D eigenvalue weighted by Gasteiger charge is -2.32. The smallest absolute Gasteiger partial charge is 0.290 e. The van der Waals surface area contributed by atoms with Gasteiger partial charge in [-0.1, -0.05) is 36.4 Å². The molecule has 1 aromatic heterocycles. The van der Waals surface area contributed by atoms with Crippen molar-refractivity contribution in [2.45, 2.75) is 25.5 Å². The highest BCUT2D eigenvalue weighted by Gasteiger charge is 2.29. The lowest BCUT2D eigenvalue weighted by Crippen LogP contribution is -2.47. The molecule has 0 aliphatic carbocycles. The van der Waals surface area contributed by atoms with Crippen molar-refractivity contribution in [3.05, 3.63) is 65.9 Å². The molecule has 1 aliphatic heterocycles. The van der Waals surface area contributed by atoms with Crippen LogP contribution >= 0.6 is 0 Å². The van der Waals surface area contributed by atoms with Crippen LogP contribution in [-0.2, 0) is 6.61 Å². The fraction of sp³-hybridized carbons (Fsp3) is 0.318. The maximum absolute atomic E-state index is 13.2. The Kier molecular flexibility index (Phi) is 5.12. The van der Waals surface area contributed by atoms with Gasteiger partial charge in [-0.3, -0.25) is 4.79 Å². The van der Waals surface area contributed by atoms with Crippen LogP contribution in [-0.4, -0.2) is 37.0 Å². The molecule has 0 bridgehead atoms. The highest BCUT2D eigenvalue weighted by molar-refractivity contribution is 5.99. The molecule has 27 heavy (non-hydrogen) atoms. The van der Waals surface area contributed by atoms with E-state index in [9.17, 15) is 4.79 Å². The van der Waals surface area contributed by atoms with Crippen LogP contribution in [0.25, 0.3) is 11.0 Å². The van der Waals surface area contributed by atoms with Crippen molar-refractivity contribution in [1.82, 2.24) is 10.2 Å². The first-order valence-electron chi connectivity index (χ1n) is 9.41. The van der Waals surface area contributed by atoms with Crippen molar-refractivity contribution in [1.29, 1.82) is 0 Å². The number of furan rings is 1. The number of likely N-dealkylation sites (tertiary alicyclic amines) is 1. The highest BCUT2D eigenvalue weighted by atomic mass is 16.5. The van der Waals surface area contributed by atoms with Gasteiger partial charge < -0.3 is 19.4 Å². The summed E-state index contributed by atoms with van der Waals surface area (Å²) in [5, 5.41) is 4.21. The summed E-state index contributed by atoms with van der Waals surface area (Å²) in [4.78, 5) is 15.1. The third-order valence-corrected chi connectivity index (χ3v) is 5.14. The number of ether oxygens (including phenoxy) is 1. The Bertz CT molecular complexity index is 920. The van der Waals surface area contributed by atoms with E-state index in [4.69, 9.17) is 9.15 Å². The van der Waals surface area contributed by atoms with Gasteiger partial charge in [0.05, 0.1) is 0 Å². The average molecular weight is 364 g/mol. The average Bonchev–Trinajstić information content (AvgIpc) is 3.11. The van der Waals surface area contributed by atoms with Gasteiger partial charge in [-0.05, 0) is 38.1 Å². The second kappa shape index (κ2) is 7.84. The molecule has 1 saturated heterocycles. The van der Waals surface area contributed by atoms with E-state index in [1.54, 1.807) is 0 Å². The van der Waals surface area contributed by atoms with Gasteiger partial charge in [-0.2, -0.15) is 0 Å². The van der Waals surface area contributed by atoms with Crippen LogP contribution in [0, 0.1) is 0 Å². The standard InChI is InChI=1S/C22H24N2O3/c1-23-16-8-7-13-24(14-16)22(25)21-19(15-26-17-9-3-2-4-10-17)18-11-5-6-12-20(18)27-21/h2-6,9-12,16,23H,7-8,13-15H2,1H3. The summed E-state index contributed by atoms with van der Waals surface area (Å²) < 4.78 is 11.9. The molecular formula is C22H24N2O3. The van der Waals surface area contributed by atoms with Crippen LogP contribution in [0.4, 0.5) is 0 Å². The fourth-order valence-corrected chi connectivity index (χ4v) is 3.63. The second-order valence-corrected chi connectivity index (χ2v) is 6.89. The minimum absolute atomic E-state index is 0.0576. The Morgan fingerprint density at radius 2 is 1.96 bits per heavy atom. The van der Waals surface area contributed by atoms with Crippen molar-refractivity contribution in [2.75, 3.05) is 20.1 Å². The number of nitrogens with one attached hydrogen (secondary N) is 1. The predicted octanol–water partition coefficient (Wildman–Crippen LogP) is 3.84. The first-order chi connectivity index (χ1) is 13.3. The molecule has 0 saturated carbocycles. The molecule has 2 aromatic carbocycles. The van der Waals surface area contributed by atoms with Crippen molar-refractivity contribution >= 4 is 16.9 Å². The zero-order chi connectivity index (χ0) is 18.6. The number of likely N-dealkylation sites (N-methyl/N-ethyl adjacent to an activating group) is 1. The van der Waals surface area contributed by atoms with Crippen LogP contribution in [0.3, 0.4) is 0 Å². The van der Waals surface area contributed by atoms with E-state index < -0.39 is 0 Å². The monoisotopic (exact) mass is 364 g/mol. The number of benzene rings is 2. The second-order valence-electron chi connectivity index (χ2n) is 6.89. The summed E-state index contributed by atoms with van der Waals surface area (Å²) in [7, 11) is 1.94. The van der Waals surface area contributed by atoms with Gasteiger partial charge in [0.1, 0.15) is 17.9 Å². The Morgan fingerprint density at radius 1 is 1.19 bits per heavy atom. The number of para-hydroxylation sites is 2. The molecule has 140 valence electrons. The minimum atomic E-state index is -0.0576. The van der Waals surface area contributed by atoms with Gasteiger partial charge in [0.15, 0.2) is 5.76 Å². The summed E-state index contributed by atoms with van der Waals surface area (Å²) in [6, 6.07) is 17.7. The van der Waals surface area contributed by atoms with Gasteiger partial charge in [0.25, 0.3) is 5.91 Å². The highest BCUT2D eigenvalue weighted by Crippen LogP contribution is 2.29. The van der Waals surface area contributed by atoms with E-state index in [0.29, 0.717) is 25.0 Å². The van der Waals surface area contributed by atoms with E-state index in [0.717, 1.165) is 41.7 Å². The molecule has 1 amide bonds. The summed E-state index contributed by atoms with van der Waals surface area (Å²) >= 11 is 0. The van der Waals surface area contributed by atoms with Crippen LogP contribution in [0.15, 0.2) is 59.0 Å². The first-order valence-corrected chi connectivity index (χ1v) is 9.41. The first kappa shape index (κ1) is 17.6. The molecule has 0 spiro atoms. The molecule has 3 aromatic rings. The number of hydrogen-bond acceptors (Lipinski definition) is 4. The number of fused-ring (bicyclic) bond motifs is 1. The zero-order valence-electron chi connectivity index (χ0n) is 15.5. The minimum Gasteiger partial charge on any atom is -0.489 e. The molecule has 1 unspecified atom stereocenters. The Hall–Kier alpha value is -2.79. The largest absolute Gasteiger partial charge is 0.489 e. The van der Waals surface area contributed by atoms with Gasteiger partial charge in [0.2, 0.25) is 0 Å². The van der Waals surface area contributed by atoms with Gasteiger partial charge in [-0.15, -0.1) is 0 Å². The van der Waals surface area contributed by atoms with E-state index in [2.05, 4.69) is 5.32 Å². The number of piperidine rings is 1. The van der Waals surface area contributed by atoms with E-state index in [1.807, 2.05) is 66.5 Å². The van der Waals surface area contributed by atoms with Crippen LogP contribution < -0.4 is 10.1 Å². The number of carbonyl (C=O) groups excluding carboxylic acids is 1. The topological polar surface area (TPSA) is 54.7 Å². The quantitative estimate of drug-likeness (QED) is 0.747. The lowest BCUT2D eigenvalue weighted by atomic mass is 10.0. The normalized spacial score (nSPS) is 17.2.